The van der Waals surface area contributed by atoms with Gasteiger partial charge in [-0.25, -0.2) is 0 Å². The number of nitrogens with zero attached hydrogens (tertiary/aromatic N) is 3. The summed E-state index contributed by atoms with van der Waals surface area (Å²) in [6.45, 7) is 2.06. The summed E-state index contributed by atoms with van der Waals surface area (Å²) in [5.41, 5.74) is 2.65. The lowest BCUT2D eigenvalue weighted by atomic mass is 9.67. The molecule has 1 fully saturated rings. The molecule has 1 amide bonds. The second-order valence-corrected chi connectivity index (χ2v) is 8.83. The van der Waals surface area contributed by atoms with Crippen molar-refractivity contribution in [3.8, 4) is 22.9 Å². The molecule has 1 aromatic carbocycles. The molecule has 3 heterocycles. The molecule has 4 rings (SSSR count). The van der Waals surface area contributed by atoms with E-state index in [1.54, 1.807) is 31.7 Å². The standard InChI is InChI=1S/C24H22N4O2S/c1-24(20-9-18(14-31-20)17-8-15(11-25)12-27-13-17)10-21(26)28(2)23(29)22(24)16-4-6-19(30-3)7-5-16/h4-9,12-14,22,26H,10H2,1-3H3/t22-,24+/m0/s1. The molecule has 0 saturated carbocycles. The van der Waals surface area contributed by atoms with Crippen molar-refractivity contribution in [3.63, 3.8) is 0 Å². The van der Waals surface area contributed by atoms with Gasteiger partial charge in [-0.15, -0.1) is 11.3 Å². The van der Waals surface area contributed by atoms with Crippen LogP contribution in [0.4, 0.5) is 0 Å². The van der Waals surface area contributed by atoms with Crippen molar-refractivity contribution >= 4 is 23.1 Å². The number of benzene rings is 1. The van der Waals surface area contributed by atoms with Crippen molar-refractivity contribution in [1.29, 1.82) is 10.7 Å². The van der Waals surface area contributed by atoms with E-state index in [9.17, 15) is 10.1 Å². The Labute approximate surface area is 185 Å². The van der Waals surface area contributed by atoms with Crippen molar-refractivity contribution in [1.82, 2.24) is 9.88 Å². The highest BCUT2D eigenvalue weighted by atomic mass is 32.1. The maximum Gasteiger partial charge on any atom is 0.236 e. The first-order valence-electron chi connectivity index (χ1n) is 9.81. The van der Waals surface area contributed by atoms with Gasteiger partial charge in [-0.3, -0.25) is 15.2 Å². The number of nitrogens with one attached hydrogen (secondary N) is 1. The van der Waals surface area contributed by atoms with Crippen molar-refractivity contribution in [2.45, 2.75) is 24.7 Å². The van der Waals surface area contributed by atoms with Crippen LogP contribution >= 0.6 is 11.3 Å². The average Bonchev–Trinajstić information content (AvgIpc) is 3.29. The smallest absolute Gasteiger partial charge is 0.236 e. The third-order valence-electron chi connectivity index (χ3n) is 5.97. The van der Waals surface area contributed by atoms with Crippen LogP contribution in [0.1, 0.15) is 35.3 Å². The Bertz CT molecular complexity index is 1190. The molecule has 6 nitrogen and oxygen atoms in total. The van der Waals surface area contributed by atoms with Crippen LogP contribution in [0.5, 0.6) is 5.75 Å². The number of likely N-dealkylation sites (tertiary alicyclic amines) is 1. The molecule has 0 bridgehead atoms. The van der Waals surface area contributed by atoms with E-state index in [4.69, 9.17) is 10.1 Å². The normalized spacial score (nSPS) is 21.1. The highest BCUT2D eigenvalue weighted by Crippen LogP contribution is 2.49. The van der Waals surface area contributed by atoms with Crippen LogP contribution in [-0.4, -0.2) is 35.8 Å². The molecule has 0 spiro atoms. The molecule has 7 heteroatoms. The predicted octanol–water partition coefficient (Wildman–Crippen LogP) is 4.57. The first-order chi connectivity index (χ1) is 14.9. The van der Waals surface area contributed by atoms with Gasteiger partial charge in [0.1, 0.15) is 17.7 Å². The van der Waals surface area contributed by atoms with Gasteiger partial charge in [0, 0.05) is 41.7 Å². The van der Waals surface area contributed by atoms with E-state index in [2.05, 4.69) is 24.0 Å². The number of hydrogen-bond acceptors (Lipinski definition) is 6. The third-order valence-corrected chi connectivity index (χ3v) is 7.18. The van der Waals surface area contributed by atoms with E-state index >= 15 is 0 Å². The number of pyridine rings is 1. The molecule has 0 radical (unpaired) electrons. The number of amidine groups is 1. The van der Waals surface area contributed by atoms with Gasteiger partial charge >= 0.3 is 0 Å². The minimum atomic E-state index is -0.571. The monoisotopic (exact) mass is 430 g/mol. The van der Waals surface area contributed by atoms with Crippen molar-refractivity contribution < 1.29 is 9.53 Å². The Balaban J connectivity index is 1.79. The van der Waals surface area contributed by atoms with Crippen LogP contribution in [0.3, 0.4) is 0 Å². The molecule has 31 heavy (non-hydrogen) atoms. The first kappa shape index (κ1) is 20.8. The molecule has 0 unspecified atom stereocenters. The second-order valence-electron chi connectivity index (χ2n) is 7.92. The number of ether oxygens (including phenoxy) is 1. The molecular weight excluding hydrogens is 408 g/mol. The molecule has 0 aliphatic carbocycles. The van der Waals surface area contributed by atoms with Gasteiger partial charge in [0.2, 0.25) is 5.91 Å². The van der Waals surface area contributed by atoms with Gasteiger partial charge in [0.15, 0.2) is 0 Å². The van der Waals surface area contributed by atoms with Gasteiger partial charge in [-0.05, 0) is 40.8 Å². The minimum Gasteiger partial charge on any atom is -0.497 e. The Morgan fingerprint density at radius 3 is 2.68 bits per heavy atom. The average molecular weight is 431 g/mol. The van der Waals surface area contributed by atoms with Crippen LogP contribution in [0.15, 0.2) is 54.2 Å². The van der Waals surface area contributed by atoms with Gasteiger partial charge < -0.3 is 9.64 Å². The van der Waals surface area contributed by atoms with Crippen LogP contribution in [0, 0.1) is 16.7 Å². The Morgan fingerprint density at radius 1 is 1.26 bits per heavy atom. The summed E-state index contributed by atoms with van der Waals surface area (Å²) < 4.78 is 5.27. The lowest BCUT2D eigenvalue weighted by Gasteiger charge is -2.44. The predicted molar refractivity (Wildman–Crippen MR) is 120 cm³/mol. The fourth-order valence-electron chi connectivity index (χ4n) is 4.15. The molecule has 2 aromatic heterocycles. The topological polar surface area (TPSA) is 90.1 Å². The minimum absolute atomic E-state index is 0.0907. The third kappa shape index (κ3) is 3.60. The van der Waals surface area contributed by atoms with Crippen LogP contribution in [0.25, 0.3) is 11.1 Å². The largest absolute Gasteiger partial charge is 0.497 e. The fourth-order valence-corrected chi connectivity index (χ4v) is 5.26. The van der Waals surface area contributed by atoms with Gasteiger partial charge in [-0.1, -0.05) is 19.1 Å². The number of methoxy groups -OCH3 is 1. The maximum atomic E-state index is 13.4. The summed E-state index contributed by atoms with van der Waals surface area (Å²) >= 11 is 1.57. The molecule has 2 atom stereocenters. The maximum absolute atomic E-state index is 13.4. The summed E-state index contributed by atoms with van der Waals surface area (Å²) in [5.74, 6) is 0.526. The van der Waals surface area contributed by atoms with E-state index in [-0.39, 0.29) is 5.91 Å². The van der Waals surface area contributed by atoms with E-state index in [1.807, 2.05) is 35.7 Å². The Hall–Kier alpha value is -3.50. The number of nitriles is 1. The molecule has 3 aromatic rings. The Kier molecular flexibility index (Phi) is 5.34. The first-order valence-corrected chi connectivity index (χ1v) is 10.7. The zero-order valence-corrected chi connectivity index (χ0v) is 18.4. The number of aromatic nitrogens is 1. The lowest BCUT2D eigenvalue weighted by molar-refractivity contribution is -0.131. The zero-order valence-electron chi connectivity index (χ0n) is 17.5. The van der Waals surface area contributed by atoms with Crippen LogP contribution in [-0.2, 0) is 10.2 Å². The summed E-state index contributed by atoms with van der Waals surface area (Å²) in [5, 5.41) is 19.6. The number of carbonyl (C=O) groups excluding carboxylic acids is 1. The number of piperidine rings is 1. The SMILES string of the molecule is COc1ccc([C@H]2C(=O)N(C)C(=N)C[C@]2(C)c2cc(-c3cncc(C#N)c3)cs2)cc1. The van der Waals surface area contributed by atoms with Crippen LogP contribution in [0.2, 0.25) is 0 Å². The van der Waals surface area contributed by atoms with Crippen molar-refractivity contribution in [3.05, 3.63) is 70.2 Å². The molecule has 156 valence electrons. The number of thiophene rings is 1. The van der Waals surface area contributed by atoms with E-state index in [0.717, 1.165) is 27.3 Å². The molecule has 1 saturated heterocycles. The number of likely N-dealkylation sites (N-methyl/N-ethyl adjacent to an activating group) is 1. The highest BCUT2D eigenvalue weighted by molar-refractivity contribution is 7.10. The Morgan fingerprint density at radius 2 is 2.00 bits per heavy atom. The van der Waals surface area contributed by atoms with Gasteiger partial charge in [-0.2, -0.15) is 5.26 Å². The summed E-state index contributed by atoms with van der Waals surface area (Å²) in [7, 11) is 3.28. The van der Waals surface area contributed by atoms with E-state index < -0.39 is 11.3 Å². The van der Waals surface area contributed by atoms with Crippen molar-refractivity contribution in [2.24, 2.45) is 0 Å². The molecule has 1 aliphatic rings. The molecular formula is C24H22N4O2S. The number of amides is 1. The number of carbonyl (C=O) groups is 1. The number of rotatable bonds is 4. The summed E-state index contributed by atoms with van der Waals surface area (Å²) in [4.78, 5) is 20.0. The van der Waals surface area contributed by atoms with E-state index in [0.29, 0.717) is 17.8 Å². The fraction of sp³-hybridized carbons (Fsp3) is 0.250. The van der Waals surface area contributed by atoms with E-state index in [1.165, 1.54) is 11.1 Å². The van der Waals surface area contributed by atoms with Gasteiger partial charge in [0.05, 0.1) is 18.6 Å². The highest BCUT2D eigenvalue weighted by Gasteiger charge is 2.49. The van der Waals surface area contributed by atoms with Crippen molar-refractivity contribution in [2.75, 3.05) is 14.2 Å². The lowest BCUT2D eigenvalue weighted by Crippen LogP contribution is -2.51. The summed E-state index contributed by atoms with van der Waals surface area (Å²) in [6, 6.07) is 13.6. The zero-order chi connectivity index (χ0) is 22.2. The quantitative estimate of drug-likeness (QED) is 0.656. The second kappa shape index (κ2) is 7.97. The molecule has 1 aliphatic heterocycles. The van der Waals surface area contributed by atoms with Crippen LogP contribution < -0.4 is 4.74 Å². The molecule has 1 N–H and O–H groups in total. The van der Waals surface area contributed by atoms with Gasteiger partial charge in [0.25, 0.3) is 0 Å². The number of hydrogen-bond donors (Lipinski definition) is 1. The summed E-state index contributed by atoms with van der Waals surface area (Å²) in [6.07, 6.45) is 3.72.